The molecule has 0 bridgehead atoms. The van der Waals surface area contributed by atoms with Crippen LogP contribution < -0.4 is 9.62 Å². The Morgan fingerprint density at radius 3 is 2.31 bits per heavy atom. The molecule has 0 saturated heterocycles. The van der Waals surface area contributed by atoms with E-state index in [4.69, 9.17) is 23.2 Å². The summed E-state index contributed by atoms with van der Waals surface area (Å²) < 4.78 is 25.9. The van der Waals surface area contributed by atoms with Crippen molar-refractivity contribution in [3.63, 3.8) is 0 Å². The van der Waals surface area contributed by atoms with Gasteiger partial charge in [0, 0.05) is 18.1 Å². The highest BCUT2D eigenvalue weighted by Crippen LogP contribution is 2.30. The molecule has 0 fully saturated rings. The minimum atomic E-state index is -3.85. The number of hydrogen-bond donors (Lipinski definition) is 1. The lowest BCUT2D eigenvalue weighted by molar-refractivity contribution is -0.138. The first-order valence-electron chi connectivity index (χ1n) is 10.1. The maximum atomic E-state index is 13.3. The van der Waals surface area contributed by atoms with E-state index in [2.05, 4.69) is 5.32 Å². The first-order valence-corrected chi connectivity index (χ1v) is 12.7. The summed E-state index contributed by atoms with van der Waals surface area (Å²) >= 11 is 12.1. The molecule has 2 aromatic rings. The van der Waals surface area contributed by atoms with Crippen LogP contribution in [0.2, 0.25) is 10.0 Å². The molecule has 7 nitrogen and oxygen atoms in total. The zero-order valence-electron chi connectivity index (χ0n) is 18.2. The Balaban J connectivity index is 2.33. The predicted octanol–water partition coefficient (Wildman–Crippen LogP) is 3.36. The van der Waals surface area contributed by atoms with Gasteiger partial charge in [-0.25, -0.2) is 8.42 Å². The van der Waals surface area contributed by atoms with Gasteiger partial charge in [-0.2, -0.15) is 0 Å². The van der Waals surface area contributed by atoms with Crippen LogP contribution in [0.3, 0.4) is 0 Å². The number of hydrogen-bond acceptors (Lipinski definition) is 4. The number of nitrogens with zero attached hydrogens (tertiary/aromatic N) is 2. The van der Waals surface area contributed by atoms with Gasteiger partial charge in [-0.1, -0.05) is 53.5 Å². The maximum Gasteiger partial charge on any atom is 0.244 e. The lowest BCUT2D eigenvalue weighted by Gasteiger charge is -2.31. The molecule has 174 valence electrons. The minimum absolute atomic E-state index is 0.100. The number of carbonyl (C=O) groups is 2. The van der Waals surface area contributed by atoms with Gasteiger partial charge >= 0.3 is 0 Å². The number of likely N-dealkylation sites (N-methyl/N-ethyl adjacent to an activating group) is 1. The van der Waals surface area contributed by atoms with Crippen LogP contribution in [0.4, 0.5) is 5.69 Å². The third-order valence-corrected chi connectivity index (χ3v) is 6.52. The topological polar surface area (TPSA) is 86.8 Å². The maximum absolute atomic E-state index is 13.3. The zero-order chi connectivity index (χ0) is 23.9. The number of carbonyl (C=O) groups excluding carboxylic acids is 2. The SMILES string of the molecule is CCNC(=O)[C@@H](C)N(CCc1ccccc1)C(=O)CN(c1ccc(Cl)cc1Cl)S(C)(=O)=O. The second kappa shape index (κ2) is 11.5. The van der Waals surface area contributed by atoms with Gasteiger partial charge in [0.25, 0.3) is 0 Å². The van der Waals surface area contributed by atoms with Crippen molar-refractivity contribution in [3.05, 3.63) is 64.1 Å². The fourth-order valence-corrected chi connectivity index (χ4v) is 4.59. The molecule has 0 aliphatic heterocycles. The molecule has 10 heteroatoms. The lowest BCUT2D eigenvalue weighted by atomic mass is 10.1. The van der Waals surface area contributed by atoms with Gasteiger partial charge in [-0.15, -0.1) is 0 Å². The van der Waals surface area contributed by atoms with Crippen LogP contribution in [0.25, 0.3) is 0 Å². The third kappa shape index (κ3) is 7.12. The molecule has 2 aromatic carbocycles. The molecule has 0 saturated carbocycles. The van der Waals surface area contributed by atoms with Crippen LogP contribution in [0.15, 0.2) is 48.5 Å². The van der Waals surface area contributed by atoms with E-state index in [1.165, 1.54) is 23.1 Å². The average Bonchev–Trinajstić information content (AvgIpc) is 2.72. The van der Waals surface area contributed by atoms with Gasteiger partial charge in [0.1, 0.15) is 12.6 Å². The van der Waals surface area contributed by atoms with Crippen molar-refractivity contribution < 1.29 is 18.0 Å². The van der Waals surface area contributed by atoms with Gasteiger partial charge in [-0.05, 0) is 44.0 Å². The number of rotatable bonds is 10. The van der Waals surface area contributed by atoms with Gasteiger partial charge in [-0.3, -0.25) is 13.9 Å². The van der Waals surface area contributed by atoms with Crippen molar-refractivity contribution in [1.29, 1.82) is 0 Å². The predicted molar refractivity (Wildman–Crippen MR) is 129 cm³/mol. The Labute approximate surface area is 199 Å². The van der Waals surface area contributed by atoms with E-state index in [1.807, 2.05) is 30.3 Å². The molecule has 32 heavy (non-hydrogen) atoms. The Morgan fingerprint density at radius 2 is 1.75 bits per heavy atom. The summed E-state index contributed by atoms with van der Waals surface area (Å²) in [6, 6.07) is 13.1. The molecular formula is C22H27Cl2N3O4S. The summed E-state index contributed by atoms with van der Waals surface area (Å²) in [7, 11) is -3.85. The van der Waals surface area contributed by atoms with E-state index in [9.17, 15) is 18.0 Å². The summed E-state index contributed by atoms with van der Waals surface area (Å²) in [6.45, 7) is 3.56. The van der Waals surface area contributed by atoms with E-state index in [-0.39, 0.29) is 23.2 Å². The Kier molecular flexibility index (Phi) is 9.36. The van der Waals surface area contributed by atoms with E-state index in [0.717, 1.165) is 16.1 Å². The fourth-order valence-electron chi connectivity index (χ4n) is 3.17. The molecule has 0 heterocycles. The molecule has 0 unspecified atom stereocenters. The van der Waals surface area contributed by atoms with Crippen LogP contribution >= 0.6 is 23.2 Å². The summed E-state index contributed by atoms with van der Waals surface area (Å²) in [5.74, 6) is -0.833. The molecule has 0 aliphatic rings. The summed E-state index contributed by atoms with van der Waals surface area (Å²) in [5, 5.41) is 3.15. The van der Waals surface area contributed by atoms with Crippen LogP contribution in [0.1, 0.15) is 19.4 Å². The van der Waals surface area contributed by atoms with Crippen LogP contribution in [-0.2, 0) is 26.0 Å². The second-order valence-corrected chi connectivity index (χ2v) is 10.0. The highest BCUT2D eigenvalue weighted by atomic mass is 35.5. The highest BCUT2D eigenvalue weighted by Gasteiger charge is 2.30. The number of nitrogens with one attached hydrogen (secondary N) is 1. The first kappa shape index (κ1) is 26.0. The van der Waals surface area contributed by atoms with Crippen molar-refractivity contribution in [1.82, 2.24) is 10.2 Å². The molecule has 0 spiro atoms. The van der Waals surface area contributed by atoms with E-state index in [1.54, 1.807) is 13.8 Å². The number of amides is 2. The molecule has 0 radical (unpaired) electrons. The van der Waals surface area contributed by atoms with E-state index >= 15 is 0 Å². The lowest BCUT2D eigenvalue weighted by Crippen LogP contribution is -2.52. The Hall–Kier alpha value is -2.29. The summed E-state index contributed by atoms with van der Waals surface area (Å²) in [6.07, 6.45) is 1.50. The highest BCUT2D eigenvalue weighted by molar-refractivity contribution is 7.92. The molecule has 1 atom stereocenters. The van der Waals surface area contributed by atoms with Crippen molar-refractivity contribution in [2.45, 2.75) is 26.3 Å². The zero-order valence-corrected chi connectivity index (χ0v) is 20.5. The van der Waals surface area contributed by atoms with Crippen molar-refractivity contribution >= 4 is 50.7 Å². The number of benzene rings is 2. The van der Waals surface area contributed by atoms with Crippen LogP contribution in [0.5, 0.6) is 0 Å². The summed E-state index contributed by atoms with van der Waals surface area (Å²) in [5.41, 5.74) is 1.13. The third-order valence-electron chi connectivity index (χ3n) is 4.86. The van der Waals surface area contributed by atoms with Gasteiger partial charge in [0.15, 0.2) is 0 Å². The normalized spacial score (nSPS) is 12.2. The number of anilines is 1. The standard InChI is InChI=1S/C22H27Cl2N3O4S/c1-4-25-22(29)16(2)26(13-12-17-8-6-5-7-9-17)21(28)15-27(32(3,30)31)20-11-10-18(23)14-19(20)24/h5-11,14,16H,4,12-13,15H2,1-3H3,(H,25,29)/t16-/m1/s1. The molecule has 1 N–H and O–H groups in total. The molecule has 0 aromatic heterocycles. The van der Waals surface area contributed by atoms with E-state index < -0.39 is 28.5 Å². The van der Waals surface area contributed by atoms with Crippen molar-refractivity contribution in [2.24, 2.45) is 0 Å². The van der Waals surface area contributed by atoms with Crippen LogP contribution in [-0.4, -0.2) is 57.1 Å². The van der Waals surface area contributed by atoms with Crippen molar-refractivity contribution in [2.75, 3.05) is 30.2 Å². The molecule has 2 rings (SSSR count). The smallest absolute Gasteiger partial charge is 0.244 e. The molecular weight excluding hydrogens is 473 g/mol. The second-order valence-electron chi connectivity index (χ2n) is 7.26. The number of halogens is 2. The van der Waals surface area contributed by atoms with Gasteiger partial charge in [0.2, 0.25) is 21.8 Å². The van der Waals surface area contributed by atoms with Crippen molar-refractivity contribution in [3.8, 4) is 0 Å². The number of sulfonamides is 1. The Bertz CT molecular complexity index is 1050. The fraction of sp³-hybridized carbons (Fsp3) is 0.364. The summed E-state index contributed by atoms with van der Waals surface area (Å²) in [4.78, 5) is 27.2. The van der Waals surface area contributed by atoms with Gasteiger partial charge < -0.3 is 10.2 Å². The minimum Gasteiger partial charge on any atom is -0.355 e. The Morgan fingerprint density at radius 1 is 1.09 bits per heavy atom. The monoisotopic (exact) mass is 499 g/mol. The van der Waals surface area contributed by atoms with Crippen LogP contribution in [0, 0.1) is 0 Å². The first-order chi connectivity index (χ1) is 15.0. The molecule has 2 amide bonds. The largest absolute Gasteiger partial charge is 0.355 e. The van der Waals surface area contributed by atoms with E-state index in [0.29, 0.717) is 18.0 Å². The van der Waals surface area contributed by atoms with Gasteiger partial charge in [0.05, 0.1) is 17.0 Å². The average molecular weight is 500 g/mol. The quantitative estimate of drug-likeness (QED) is 0.542. The molecule has 0 aliphatic carbocycles.